The Morgan fingerprint density at radius 3 is 2.64 bits per heavy atom. The van der Waals surface area contributed by atoms with Gasteiger partial charge in [-0.15, -0.1) is 0 Å². The molecule has 0 radical (unpaired) electrons. The maximum atomic E-state index is 11.2. The lowest BCUT2D eigenvalue weighted by atomic mass is 10.2. The van der Waals surface area contributed by atoms with Crippen LogP contribution >= 0.6 is 0 Å². The van der Waals surface area contributed by atoms with Gasteiger partial charge in [-0.25, -0.2) is 0 Å². The van der Waals surface area contributed by atoms with Crippen LogP contribution in [-0.4, -0.2) is 12.5 Å². The first-order chi connectivity index (χ1) is 6.66. The van der Waals surface area contributed by atoms with E-state index in [2.05, 4.69) is 26.1 Å². The van der Waals surface area contributed by atoms with Crippen molar-refractivity contribution in [2.24, 2.45) is 5.92 Å². The van der Waals surface area contributed by atoms with Gasteiger partial charge in [0.2, 0.25) is 5.91 Å². The third kappa shape index (κ3) is 9.30. The van der Waals surface area contributed by atoms with Crippen LogP contribution in [0.1, 0.15) is 46.5 Å². The van der Waals surface area contributed by atoms with Gasteiger partial charge < -0.3 is 5.32 Å². The highest BCUT2D eigenvalue weighted by Gasteiger charge is 1.96. The van der Waals surface area contributed by atoms with Crippen molar-refractivity contribution in [1.29, 1.82) is 0 Å². The largest absolute Gasteiger partial charge is 0.352 e. The summed E-state index contributed by atoms with van der Waals surface area (Å²) in [5, 5.41) is 2.85. The van der Waals surface area contributed by atoms with E-state index in [0.29, 0.717) is 5.92 Å². The number of nitrogens with one attached hydrogen (secondary N) is 1. The quantitative estimate of drug-likeness (QED) is 0.493. The highest BCUT2D eigenvalue weighted by Crippen LogP contribution is 1.99. The van der Waals surface area contributed by atoms with Crippen LogP contribution in [0.2, 0.25) is 0 Å². The molecule has 82 valence electrons. The van der Waals surface area contributed by atoms with E-state index in [4.69, 9.17) is 0 Å². The molecule has 0 spiro atoms. The SMILES string of the molecule is CCCCCC=CC(=O)NCC(C)C. The molecular weight excluding hydrogens is 174 g/mol. The van der Waals surface area contributed by atoms with Crippen molar-refractivity contribution in [2.45, 2.75) is 46.5 Å². The van der Waals surface area contributed by atoms with Gasteiger partial charge in [0, 0.05) is 6.54 Å². The first-order valence-corrected chi connectivity index (χ1v) is 5.61. The molecule has 1 N–H and O–H groups in total. The van der Waals surface area contributed by atoms with Crippen molar-refractivity contribution in [3.05, 3.63) is 12.2 Å². The van der Waals surface area contributed by atoms with Gasteiger partial charge in [-0.1, -0.05) is 39.7 Å². The van der Waals surface area contributed by atoms with Gasteiger partial charge in [0.25, 0.3) is 0 Å². The van der Waals surface area contributed by atoms with Crippen molar-refractivity contribution in [2.75, 3.05) is 6.54 Å². The Bertz CT molecular complexity index is 173. The zero-order chi connectivity index (χ0) is 10.8. The molecule has 0 bridgehead atoms. The minimum absolute atomic E-state index is 0.0372. The number of amides is 1. The van der Waals surface area contributed by atoms with Crippen molar-refractivity contribution in [1.82, 2.24) is 5.32 Å². The average molecular weight is 197 g/mol. The maximum Gasteiger partial charge on any atom is 0.243 e. The van der Waals surface area contributed by atoms with Crippen LogP contribution in [-0.2, 0) is 4.79 Å². The summed E-state index contributed by atoms with van der Waals surface area (Å²) in [4.78, 5) is 11.2. The Balaban J connectivity index is 3.41. The molecule has 0 aliphatic carbocycles. The average Bonchev–Trinajstić information content (AvgIpc) is 2.14. The monoisotopic (exact) mass is 197 g/mol. The van der Waals surface area contributed by atoms with Gasteiger partial charge in [-0.2, -0.15) is 0 Å². The van der Waals surface area contributed by atoms with Crippen LogP contribution in [0.15, 0.2) is 12.2 Å². The van der Waals surface area contributed by atoms with Crippen LogP contribution in [0.25, 0.3) is 0 Å². The van der Waals surface area contributed by atoms with Gasteiger partial charge in [0.05, 0.1) is 0 Å². The fourth-order valence-electron chi connectivity index (χ4n) is 1.07. The van der Waals surface area contributed by atoms with Crippen molar-refractivity contribution >= 4 is 5.91 Å². The molecule has 0 aliphatic heterocycles. The van der Waals surface area contributed by atoms with Crippen LogP contribution < -0.4 is 5.32 Å². The van der Waals surface area contributed by atoms with Gasteiger partial charge in [0.15, 0.2) is 0 Å². The van der Waals surface area contributed by atoms with Gasteiger partial charge in [-0.05, 0) is 24.8 Å². The summed E-state index contributed by atoms with van der Waals surface area (Å²) in [7, 11) is 0. The van der Waals surface area contributed by atoms with E-state index in [0.717, 1.165) is 13.0 Å². The summed E-state index contributed by atoms with van der Waals surface area (Å²) < 4.78 is 0. The Morgan fingerprint density at radius 1 is 1.36 bits per heavy atom. The molecule has 0 saturated heterocycles. The summed E-state index contributed by atoms with van der Waals surface area (Å²) in [6.07, 6.45) is 8.29. The third-order valence-electron chi connectivity index (χ3n) is 1.93. The lowest BCUT2D eigenvalue weighted by Gasteiger charge is -2.04. The fourth-order valence-corrected chi connectivity index (χ4v) is 1.07. The number of unbranched alkanes of at least 4 members (excludes halogenated alkanes) is 3. The third-order valence-corrected chi connectivity index (χ3v) is 1.93. The van der Waals surface area contributed by atoms with Crippen molar-refractivity contribution in [3.63, 3.8) is 0 Å². The zero-order valence-corrected chi connectivity index (χ0v) is 9.68. The molecule has 0 aromatic carbocycles. The second kappa shape index (κ2) is 8.79. The number of allylic oxidation sites excluding steroid dienone is 1. The van der Waals surface area contributed by atoms with Crippen LogP contribution in [0.3, 0.4) is 0 Å². The molecule has 1 amide bonds. The summed E-state index contributed by atoms with van der Waals surface area (Å²) >= 11 is 0. The molecule has 0 rings (SSSR count). The predicted molar refractivity (Wildman–Crippen MR) is 61.1 cm³/mol. The first kappa shape index (κ1) is 13.2. The molecule has 14 heavy (non-hydrogen) atoms. The van der Waals surface area contributed by atoms with E-state index >= 15 is 0 Å². The zero-order valence-electron chi connectivity index (χ0n) is 9.68. The lowest BCUT2D eigenvalue weighted by molar-refractivity contribution is -0.116. The Hall–Kier alpha value is -0.790. The molecule has 0 heterocycles. The normalized spacial score (nSPS) is 11.1. The Labute approximate surface area is 87.8 Å². The number of carbonyl (C=O) groups excluding carboxylic acids is 1. The molecule has 0 fully saturated rings. The van der Waals surface area contributed by atoms with E-state index in [-0.39, 0.29) is 5.91 Å². The van der Waals surface area contributed by atoms with Gasteiger partial charge >= 0.3 is 0 Å². The summed E-state index contributed by atoms with van der Waals surface area (Å²) in [6.45, 7) is 7.12. The molecule has 0 aromatic rings. The molecule has 0 atom stereocenters. The lowest BCUT2D eigenvalue weighted by Crippen LogP contribution is -2.25. The summed E-state index contributed by atoms with van der Waals surface area (Å²) in [5.74, 6) is 0.558. The number of rotatable bonds is 7. The second-order valence-electron chi connectivity index (χ2n) is 4.04. The predicted octanol–water partition coefficient (Wildman–Crippen LogP) is 2.90. The smallest absolute Gasteiger partial charge is 0.243 e. The highest BCUT2D eigenvalue weighted by atomic mass is 16.1. The summed E-state index contributed by atoms with van der Waals surface area (Å²) in [6, 6.07) is 0. The fraction of sp³-hybridized carbons (Fsp3) is 0.750. The molecule has 0 saturated carbocycles. The minimum Gasteiger partial charge on any atom is -0.352 e. The minimum atomic E-state index is 0.0372. The number of hydrogen-bond acceptors (Lipinski definition) is 1. The van der Waals surface area contributed by atoms with Crippen molar-refractivity contribution < 1.29 is 4.79 Å². The highest BCUT2D eigenvalue weighted by molar-refractivity contribution is 5.87. The van der Waals surface area contributed by atoms with E-state index < -0.39 is 0 Å². The van der Waals surface area contributed by atoms with E-state index in [1.54, 1.807) is 6.08 Å². The van der Waals surface area contributed by atoms with Crippen LogP contribution in [0, 0.1) is 5.92 Å². The molecule has 0 aliphatic rings. The summed E-state index contributed by atoms with van der Waals surface area (Å²) in [5.41, 5.74) is 0. The Morgan fingerprint density at radius 2 is 2.07 bits per heavy atom. The van der Waals surface area contributed by atoms with Crippen molar-refractivity contribution in [3.8, 4) is 0 Å². The second-order valence-corrected chi connectivity index (χ2v) is 4.04. The van der Waals surface area contributed by atoms with E-state index in [1.165, 1.54) is 19.3 Å². The van der Waals surface area contributed by atoms with Gasteiger partial charge in [-0.3, -0.25) is 4.79 Å². The van der Waals surface area contributed by atoms with E-state index in [1.807, 2.05) is 6.08 Å². The number of hydrogen-bond donors (Lipinski definition) is 1. The van der Waals surface area contributed by atoms with Crippen LogP contribution in [0.5, 0.6) is 0 Å². The first-order valence-electron chi connectivity index (χ1n) is 5.61. The van der Waals surface area contributed by atoms with Crippen LogP contribution in [0.4, 0.5) is 0 Å². The Kier molecular flexibility index (Phi) is 8.30. The topological polar surface area (TPSA) is 29.1 Å². The van der Waals surface area contributed by atoms with Gasteiger partial charge in [0.1, 0.15) is 0 Å². The number of carbonyl (C=O) groups is 1. The standard InChI is InChI=1S/C12H23NO/c1-4-5-6-7-8-9-12(14)13-10-11(2)3/h8-9,11H,4-7,10H2,1-3H3,(H,13,14). The molecular formula is C12H23NO. The molecule has 2 nitrogen and oxygen atoms in total. The molecule has 2 heteroatoms. The van der Waals surface area contributed by atoms with E-state index in [9.17, 15) is 4.79 Å². The molecule has 0 unspecified atom stereocenters. The molecule has 0 aromatic heterocycles. The maximum absolute atomic E-state index is 11.2.